The predicted octanol–water partition coefficient (Wildman–Crippen LogP) is 3.65. The van der Waals surface area contributed by atoms with Crippen molar-refractivity contribution in [2.24, 2.45) is 0 Å². The maximum Gasteiger partial charge on any atom is 0.251 e. The highest BCUT2D eigenvalue weighted by atomic mass is 16.1. The van der Waals surface area contributed by atoms with E-state index in [2.05, 4.69) is 39.3 Å². The van der Waals surface area contributed by atoms with Gasteiger partial charge < -0.3 is 14.5 Å². The molecule has 0 fully saturated rings. The fourth-order valence-corrected chi connectivity index (χ4v) is 3.14. The Bertz CT molecular complexity index is 1020. The maximum atomic E-state index is 12.5. The number of para-hydroxylation sites is 1. The van der Waals surface area contributed by atoms with E-state index < -0.39 is 0 Å². The summed E-state index contributed by atoms with van der Waals surface area (Å²) in [5, 5.41) is 4.28. The molecule has 1 N–H and O–H groups in total. The Morgan fingerprint density at radius 2 is 1.88 bits per heavy atom. The molecule has 0 saturated carbocycles. The highest BCUT2D eigenvalue weighted by molar-refractivity contribution is 5.94. The van der Waals surface area contributed by atoms with Gasteiger partial charge >= 0.3 is 0 Å². The zero-order valence-electron chi connectivity index (χ0n) is 14.5. The minimum Gasteiger partial charge on any atom is -0.348 e. The Morgan fingerprint density at radius 3 is 2.65 bits per heavy atom. The highest BCUT2D eigenvalue weighted by Gasteiger charge is 2.11. The average Bonchev–Trinajstić information content (AvgIpc) is 3.32. The van der Waals surface area contributed by atoms with Crippen molar-refractivity contribution in [2.45, 2.75) is 19.5 Å². The molecule has 0 spiro atoms. The maximum absolute atomic E-state index is 12.5. The summed E-state index contributed by atoms with van der Waals surface area (Å²) in [5.41, 5.74) is 2.81. The summed E-state index contributed by atoms with van der Waals surface area (Å²) in [4.78, 5) is 16.5. The van der Waals surface area contributed by atoms with Crippen LogP contribution in [0.1, 0.15) is 17.3 Å². The van der Waals surface area contributed by atoms with Crippen molar-refractivity contribution in [2.75, 3.05) is 0 Å². The van der Waals surface area contributed by atoms with Crippen LogP contribution in [-0.2, 0) is 6.54 Å². The van der Waals surface area contributed by atoms with Gasteiger partial charge in [0.15, 0.2) is 0 Å². The molecular formula is C21H20N4O. The largest absolute Gasteiger partial charge is 0.348 e. The standard InChI is InChI=1S/C21H20N4O/c1-16(14-24-12-10-17-4-2-3-5-20(17)24)23-21(26)18-6-8-19(9-7-18)25-13-11-22-15-25/h2-13,15-16H,14H2,1H3,(H,23,26). The molecule has 2 aromatic heterocycles. The van der Waals surface area contributed by atoms with Gasteiger partial charge in [0.2, 0.25) is 0 Å². The van der Waals surface area contributed by atoms with E-state index in [1.165, 1.54) is 10.9 Å². The second-order valence-corrected chi connectivity index (χ2v) is 6.42. The minimum atomic E-state index is -0.0638. The first-order valence-corrected chi connectivity index (χ1v) is 8.64. The molecule has 1 amide bonds. The minimum absolute atomic E-state index is 0.0200. The summed E-state index contributed by atoms with van der Waals surface area (Å²) < 4.78 is 4.07. The summed E-state index contributed by atoms with van der Waals surface area (Å²) in [6.45, 7) is 2.75. The number of fused-ring (bicyclic) bond motifs is 1. The van der Waals surface area contributed by atoms with Gasteiger partial charge in [-0.3, -0.25) is 4.79 Å². The van der Waals surface area contributed by atoms with E-state index in [-0.39, 0.29) is 11.9 Å². The molecule has 4 rings (SSSR count). The van der Waals surface area contributed by atoms with Gasteiger partial charge in [-0.1, -0.05) is 18.2 Å². The van der Waals surface area contributed by atoms with Crippen molar-refractivity contribution in [3.05, 3.63) is 85.1 Å². The molecule has 1 unspecified atom stereocenters. The molecule has 2 aromatic carbocycles. The van der Waals surface area contributed by atoms with Crippen LogP contribution in [0.3, 0.4) is 0 Å². The lowest BCUT2D eigenvalue weighted by Gasteiger charge is -2.16. The Kier molecular flexibility index (Phi) is 4.27. The third-order valence-electron chi connectivity index (χ3n) is 4.46. The molecule has 0 bridgehead atoms. The fourth-order valence-electron chi connectivity index (χ4n) is 3.14. The number of aromatic nitrogens is 3. The summed E-state index contributed by atoms with van der Waals surface area (Å²) in [5.74, 6) is -0.0638. The molecule has 0 aliphatic heterocycles. The van der Waals surface area contributed by atoms with Gasteiger partial charge in [0, 0.05) is 47.9 Å². The number of amides is 1. The quantitative estimate of drug-likeness (QED) is 0.601. The zero-order valence-corrected chi connectivity index (χ0v) is 14.5. The number of nitrogens with zero attached hydrogens (tertiary/aromatic N) is 3. The monoisotopic (exact) mass is 344 g/mol. The van der Waals surface area contributed by atoms with E-state index in [1.807, 2.05) is 54.1 Å². The number of imidazole rings is 1. The Balaban J connectivity index is 1.42. The molecule has 0 saturated heterocycles. The van der Waals surface area contributed by atoms with Gasteiger partial charge in [0.05, 0.1) is 6.33 Å². The van der Waals surface area contributed by atoms with Crippen molar-refractivity contribution in [1.29, 1.82) is 0 Å². The van der Waals surface area contributed by atoms with Gasteiger partial charge in [0.25, 0.3) is 5.91 Å². The number of hydrogen-bond acceptors (Lipinski definition) is 2. The van der Waals surface area contributed by atoms with Crippen LogP contribution in [0.2, 0.25) is 0 Å². The van der Waals surface area contributed by atoms with Crippen molar-refractivity contribution in [3.8, 4) is 5.69 Å². The molecule has 26 heavy (non-hydrogen) atoms. The molecule has 130 valence electrons. The lowest BCUT2D eigenvalue weighted by molar-refractivity contribution is 0.0937. The number of benzene rings is 2. The molecule has 0 aliphatic rings. The predicted molar refractivity (Wildman–Crippen MR) is 102 cm³/mol. The molecule has 4 aromatic rings. The Labute approximate surface area is 151 Å². The SMILES string of the molecule is CC(Cn1ccc2ccccc21)NC(=O)c1ccc(-n2ccnc2)cc1. The van der Waals surface area contributed by atoms with Crippen LogP contribution >= 0.6 is 0 Å². The van der Waals surface area contributed by atoms with Crippen molar-refractivity contribution in [3.63, 3.8) is 0 Å². The van der Waals surface area contributed by atoms with E-state index >= 15 is 0 Å². The average molecular weight is 344 g/mol. The topological polar surface area (TPSA) is 51.9 Å². The smallest absolute Gasteiger partial charge is 0.251 e. The zero-order chi connectivity index (χ0) is 17.9. The van der Waals surface area contributed by atoms with Gasteiger partial charge in [0.1, 0.15) is 0 Å². The first-order valence-electron chi connectivity index (χ1n) is 8.64. The van der Waals surface area contributed by atoms with Crippen molar-refractivity contribution >= 4 is 16.8 Å². The van der Waals surface area contributed by atoms with Crippen molar-refractivity contribution < 1.29 is 4.79 Å². The van der Waals surface area contributed by atoms with Crippen LogP contribution in [0.25, 0.3) is 16.6 Å². The third-order valence-corrected chi connectivity index (χ3v) is 4.46. The van der Waals surface area contributed by atoms with E-state index in [1.54, 1.807) is 12.5 Å². The van der Waals surface area contributed by atoms with Crippen LogP contribution in [-0.4, -0.2) is 26.1 Å². The lowest BCUT2D eigenvalue weighted by atomic mass is 10.1. The van der Waals surface area contributed by atoms with Crippen LogP contribution in [0.15, 0.2) is 79.5 Å². The molecular weight excluding hydrogens is 324 g/mol. The van der Waals surface area contributed by atoms with Crippen LogP contribution < -0.4 is 5.32 Å². The summed E-state index contributed by atoms with van der Waals surface area (Å²) in [7, 11) is 0. The summed E-state index contributed by atoms with van der Waals surface area (Å²) >= 11 is 0. The van der Waals surface area contributed by atoms with Crippen LogP contribution in [0, 0.1) is 0 Å². The lowest BCUT2D eigenvalue weighted by Crippen LogP contribution is -2.35. The Morgan fingerprint density at radius 1 is 1.08 bits per heavy atom. The number of nitrogens with one attached hydrogen (secondary N) is 1. The molecule has 0 radical (unpaired) electrons. The first kappa shape index (κ1) is 16.1. The number of hydrogen-bond donors (Lipinski definition) is 1. The number of carbonyl (C=O) groups excluding carboxylic acids is 1. The third kappa shape index (κ3) is 3.24. The molecule has 0 aliphatic carbocycles. The van der Waals surface area contributed by atoms with Gasteiger partial charge in [-0.25, -0.2) is 4.98 Å². The fraction of sp³-hybridized carbons (Fsp3) is 0.143. The first-order chi connectivity index (χ1) is 12.7. The van der Waals surface area contributed by atoms with Crippen molar-refractivity contribution in [1.82, 2.24) is 19.4 Å². The summed E-state index contributed by atoms with van der Waals surface area (Å²) in [6.07, 6.45) is 7.40. The molecule has 2 heterocycles. The second-order valence-electron chi connectivity index (χ2n) is 6.42. The summed E-state index contributed by atoms with van der Waals surface area (Å²) in [6, 6.07) is 17.9. The van der Waals surface area contributed by atoms with E-state index in [0.29, 0.717) is 5.56 Å². The van der Waals surface area contributed by atoms with Crippen LogP contribution in [0.5, 0.6) is 0 Å². The van der Waals surface area contributed by atoms with Gasteiger partial charge in [-0.2, -0.15) is 0 Å². The Hall–Kier alpha value is -3.34. The molecule has 5 nitrogen and oxygen atoms in total. The normalized spacial score (nSPS) is 12.2. The van der Waals surface area contributed by atoms with E-state index in [9.17, 15) is 4.79 Å². The molecule has 1 atom stereocenters. The number of rotatable bonds is 5. The van der Waals surface area contributed by atoms with Gasteiger partial charge in [-0.05, 0) is 48.7 Å². The highest BCUT2D eigenvalue weighted by Crippen LogP contribution is 2.15. The van der Waals surface area contributed by atoms with E-state index in [0.717, 1.165) is 12.2 Å². The number of carbonyl (C=O) groups is 1. The van der Waals surface area contributed by atoms with E-state index in [4.69, 9.17) is 0 Å². The van der Waals surface area contributed by atoms with Crippen LogP contribution in [0.4, 0.5) is 0 Å². The molecule has 5 heteroatoms. The van der Waals surface area contributed by atoms with Gasteiger partial charge in [-0.15, -0.1) is 0 Å². The second kappa shape index (κ2) is 6.88.